The van der Waals surface area contributed by atoms with Gasteiger partial charge >= 0.3 is 0 Å². The minimum Gasteiger partial charge on any atom is -0.493 e. The number of carbonyl (C=O) groups is 1. The van der Waals surface area contributed by atoms with Gasteiger partial charge in [0.25, 0.3) is 5.56 Å². The molecule has 3 rings (SSSR count). The number of halogens is 1. The molecule has 0 fully saturated rings. The van der Waals surface area contributed by atoms with E-state index in [9.17, 15) is 14.0 Å². The third-order valence-corrected chi connectivity index (χ3v) is 4.64. The number of benzene rings is 2. The number of hydrogen-bond donors (Lipinski definition) is 1. The largest absolute Gasteiger partial charge is 0.493 e. The van der Waals surface area contributed by atoms with E-state index < -0.39 is 11.7 Å². The van der Waals surface area contributed by atoms with E-state index in [1.54, 1.807) is 18.2 Å². The molecule has 0 bridgehead atoms. The molecule has 162 valence electrons. The smallest absolute Gasteiger partial charge is 0.254 e. The number of nitrogens with zero attached hydrogens (tertiary/aromatic N) is 2. The molecule has 31 heavy (non-hydrogen) atoms. The van der Waals surface area contributed by atoms with E-state index in [0.717, 1.165) is 6.42 Å². The van der Waals surface area contributed by atoms with Crippen LogP contribution in [0.25, 0.3) is 11.4 Å². The van der Waals surface area contributed by atoms with Gasteiger partial charge in [-0.05, 0) is 42.8 Å². The Kier molecular flexibility index (Phi) is 7.02. The molecule has 0 aliphatic carbocycles. The van der Waals surface area contributed by atoms with E-state index in [-0.39, 0.29) is 12.1 Å². The van der Waals surface area contributed by atoms with Crippen molar-refractivity contribution in [2.75, 3.05) is 19.5 Å². The van der Waals surface area contributed by atoms with Crippen LogP contribution in [0.1, 0.15) is 19.0 Å². The number of carbonyl (C=O) groups excluding carboxylic acids is 1. The number of nitrogens with one attached hydrogen (secondary N) is 1. The van der Waals surface area contributed by atoms with E-state index in [1.807, 2.05) is 6.92 Å². The van der Waals surface area contributed by atoms with Crippen LogP contribution in [0.2, 0.25) is 0 Å². The van der Waals surface area contributed by atoms with E-state index in [2.05, 4.69) is 10.3 Å². The van der Waals surface area contributed by atoms with Gasteiger partial charge in [0.1, 0.15) is 18.2 Å². The normalized spacial score (nSPS) is 10.6. The molecule has 0 aliphatic rings. The number of amides is 1. The van der Waals surface area contributed by atoms with E-state index in [0.29, 0.717) is 40.7 Å². The van der Waals surface area contributed by atoms with Crippen molar-refractivity contribution in [3.05, 3.63) is 70.4 Å². The monoisotopic (exact) mass is 425 g/mol. The molecule has 0 atom stereocenters. The fourth-order valence-corrected chi connectivity index (χ4v) is 3.17. The summed E-state index contributed by atoms with van der Waals surface area (Å²) in [6, 6.07) is 12.1. The Morgan fingerprint density at radius 1 is 1.06 bits per heavy atom. The molecule has 0 aliphatic heterocycles. The molecular weight excluding hydrogens is 401 g/mol. The van der Waals surface area contributed by atoms with Crippen LogP contribution in [0.3, 0.4) is 0 Å². The minimum atomic E-state index is -0.414. The molecular formula is C23H24FN3O4. The first-order chi connectivity index (χ1) is 14.9. The summed E-state index contributed by atoms with van der Waals surface area (Å²) in [7, 11) is 3.02. The maximum absolute atomic E-state index is 13.4. The molecule has 0 radical (unpaired) electrons. The van der Waals surface area contributed by atoms with Crippen LogP contribution in [0.4, 0.5) is 10.1 Å². The number of rotatable bonds is 8. The Morgan fingerprint density at radius 3 is 2.42 bits per heavy atom. The summed E-state index contributed by atoms with van der Waals surface area (Å²) in [6.45, 7) is 1.74. The minimum absolute atomic E-state index is 0.251. The number of aryl methyl sites for hydroxylation is 1. The molecule has 1 amide bonds. The lowest BCUT2D eigenvalue weighted by Crippen LogP contribution is -2.30. The highest BCUT2D eigenvalue weighted by molar-refractivity contribution is 5.91. The van der Waals surface area contributed by atoms with E-state index in [4.69, 9.17) is 9.47 Å². The van der Waals surface area contributed by atoms with Crippen LogP contribution in [0, 0.1) is 5.82 Å². The lowest BCUT2D eigenvalue weighted by Gasteiger charge is -2.14. The van der Waals surface area contributed by atoms with Gasteiger partial charge in [0.05, 0.1) is 14.2 Å². The lowest BCUT2D eigenvalue weighted by atomic mass is 10.1. The molecule has 2 aromatic carbocycles. The van der Waals surface area contributed by atoms with Gasteiger partial charge in [0, 0.05) is 29.1 Å². The molecule has 8 heteroatoms. The van der Waals surface area contributed by atoms with Crippen LogP contribution >= 0.6 is 0 Å². The molecule has 0 saturated carbocycles. The SMILES string of the molecule is CCCc1cc(=O)n(CC(=O)Nc2ccc(OC)c(OC)c2)c(-c2ccc(F)cc2)n1. The van der Waals surface area contributed by atoms with Crippen LogP contribution in [0.15, 0.2) is 53.3 Å². The zero-order valence-electron chi connectivity index (χ0n) is 17.6. The average molecular weight is 425 g/mol. The van der Waals surface area contributed by atoms with Crippen LogP contribution in [-0.2, 0) is 17.8 Å². The maximum atomic E-state index is 13.4. The number of ether oxygens (including phenoxy) is 2. The second-order valence-corrected chi connectivity index (χ2v) is 6.87. The first-order valence-corrected chi connectivity index (χ1v) is 9.83. The molecule has 0 unspecified atom stereocenters. The van der Waals surface area contributed by atoms with Gasteiger partial charge in [-0.1, -0.05) is 13.3 Å². The van der Waals surface area contributed by atoms with Gasteiger partial charge in [-0.3, -0.25) is 14.2 Å². The molecule has 1 heterocycles. The second-order valence-electron chi connectivity index (χ2n) is 6.87. The standard InChI is InChI=1S/C23H24FN3O4/c1-4-5-17-13-22(29)27(23(26-17)15-6-8-16(24)9-7-15)14-21(28)25-18-10-11-19(30-2)20(12-18)31-3/h6-13H,4-5,14H2,1-3H3,(H,25,28). The van der Waals surface area contributed by atoms with Crippen molar-refractivity contribution in [2.24, 2.45) is 0 Å². The number of anilines is 1. The number of hydrogen-bond acceptors (Lipinski definition) is 5. The first kappa shape index (κ1) is 22.0. The van der Waals surface area contributed by atoms with E-state index in [1.165, 1.54) is 49.1 Å². The van der Waals surface area contributed by atoms with Crippen molar-refractivity contribution in [3.8, 4) is 22.9 Å². The first-order valence-electron chi connectivity index (χ1n) is 9.83. The summed E-state index contributed by atoms with van der Waals surface area (Å²) in [4.78, 5) is 30.0. The second kappa shape index (κ2) is 9.88. The molecule has 3 aromatic rings. The van der Waals surface area contributed by atoms with Gasteiger partial charge in [-0.15, -0.1) is 0 Å². The summed E-state index contributed by atoms with van der Waals surface area (Å²) < 4.78 is 25.1. The highest BCUT2D eigenvalue weighted by atomic mass is 19.1. The van der Waals surface area contributed by atoms with Gasteiger partial charge < -0.3 is 14.8 Å². The number of methoxy groups -OCH3 is 2. The van der Waals surface area contributed by atoms with Crippen molar-refractivity contribution >= 4 is 11.6 Å². The van der Waals surface area contributed by atoms with Crippen molar-refractivity contribution in [1.82, 2.24) is 9.55 Å². The predicted octanol–water partition coefficient (Wildman–Crippen LogP) is 3.66. The maximum Gasteiger partial charge on any atom is 0.254 e. The summed E-state index contributed by atoms with van der Waals surface area (Å²) in [6.07, 6.45) is 1.45. The Bertz CT molecular complexity index is 1130. The highest BCUT2D eigenvalue weighted by Gasteiger charge is 2.15. The Morgan fingerprint density at radius 2 is 1.77 bits per heavy atom. The van der Waals surface area contributed by atoms with Crippen molar-refractivity contribution < 1.29 is 18.7 Å². The van der Waals surface area contributed by atoms with Crippen LogP contribution in [0.5, 0.6) is 11.5 Å². The van der Waals surface area contributed by atoms with Crippen molar-refractivity contribution in [1.29, 1.82) is 0 Å². The lowest BCUT2D eigenvalue weighted by molar-refractivity contribution is -0.116. The average Bonchev–Trinajstić information content (AvgIpc) is 2.76. The molecule has 7 nitrogen and oxygen atoms in total. The van der Waals surface area contributed by atoms with Gasteiger partial charge in [-0.25, -0.2) is 9.37 Å². The van der Waals surface area contributed by atoms with Crippen molar-refractivity contribution in [2.45, 2.75) is 26.3 Å². The zero-order chi connectivity index (χ0) is 22.4. The topological polar surface area (TPSA) is 82.5 Å². The summed E-state index contributed by atoms with van der Waals surface area (Å²) in [5.74, 6) is 0.510. The van der Waals surface area contributed by atoms with Crippen LogP contribution < -0.4 is 20.3 Å². The van der Waals surface area contributed by atoms with Gasteiger partial charge in [0.15, 0.2) is 11.5 Å². The molecule has 1 aromatic heterocycles. The fourth-order valence-electron chi connectivity index (χ4n) is 3.17. The van der Waals surface area contributed by atoms with Gasteiger partial charge in [-0.2, -0.15) is 0 Å². The molecule has 0 spiro atoms. The van der Waals surface area contributed by atoms with Gasteiger partial charge in [0.2, 0.25) is 5.91 Å². The quantitative estimate of drug-likeness (QED) is 0.596. The Hall–Kier alpha value is -3.68. The Balaban J connectivity index is 1.92. The van der Waals surface area contributed by atoms with Crippen molar-refractivity contribution in [3.63, 3.8) is 0 Å². The third kappa shape index (κ3) is 5.28. The Labute approximate surface area is 179 Å². The predicted molar refractivity (Wildman–Crippen MR) is 116 cm³/mol. The zero-order valence-corrected chi connectivity index (χ0v) is 17.6. The highest BCUT2D eigenvalue weighted by Crippen LogP contribution is 2.29. The summed E-state index contributed by atoms with van der Waals surface area (Å²) >= 11 is 0. The molecule has 1 N–H and O–H groups in total. The fraction of sp³-hybridized carbons (Fsp3) is 0.261. The third-order valence-electron chi connectivity index (χ3n) is 4.64. The summed E-state index contributed by atoms with van der Waals surface area (Å²) in [5.41, 5.74) is 1.33. The van der Waals surface area contributed by atoms with E-state index >= 15 is 0 Å². The molecule has 0 saturated heterocycles. The van der Waals surface area contributed by atoms with Crippen LogP contribution in [-0.4, -0.2) is 29.7 Å². The number of aromatic nitrogens is 2. The summed E-state index contributed by atoms with van der Waals surface area (Å²) in [5, 5.41) is 2.75.